The fourth-order valence-electron chi connectivity index (χ4n) is 2.14. The summed E-state index contributed by atoms with van der Waals surface area (Å²) >= 11 is 0. The molecule has 1 amide bonds. The molecule has 0 unspecified atom stereocenters. The molecule has 5 nitrogen and oxygen atoms in total. The van der Waals surface area contributed by atoms with Gasteiger partial charge in [0.15, 0.2) is 0 Å². The molecule has 0 fully saturated rings. The highest BCUT2D eigenvalue weighted by molar-refractivity contribution is 5.93. The van der Waals surface area contributed by atoms with Gasteiger partial charge in [-0.25, -0.2) is 9.97 Å². The van der Waals surface area contributed by atoms with E-state index in [0.717, 1.165) is 19.4 Å². The summed E-state index contributed by atoms with van der Waals surface area (Å²) in [7, 11) is 0. The highest BCUT2D eigenvalue weighted by atomic mass is 16.2. The molecule has 23 heavy (non-hydrogen) atoms. The first-order valence-corrected chi connectivity index (χ1v) is 7.86. The van der Waals surface area contributed by atoms with E-state index in [-0.39, 0.29) is 11.4 Å². The SMILES string of the molecule is CC(C)(C)NC(=O)c1cc(NCCCc2ccccc2)ncn1. The van der Waals surface area contributed by atoms with Gasteiger partial charge in [-0.3, -0.25) is 4.79 Å². The highest BCUT2D eigenvalue weighted by Crippen LogP contribution is 2.08. The Bertz CT molecular complexity index is 635. The summed E-state index contributed by atoms with van der Waals surface area (Å²) in [5.74, 6) is 0.486. The van der Waals surface area contributed by atoms with Gasteiger partial charge in [0.25, 0.3) is 5.91 Å². The summed E-state index contributed by atoms with van der Waals surface area (Å²) in [6.07, 6.45) is 3.42. The van der Waals surface area contributed by atoms with Gasteiger partial charge in [-0.1, -0.05) is 30.3 Å². The molecule has 1 heterocycles. The second kappa shape index (κ2) is 7.72. The maximum Gasteiger partial charge on any atom is 0.270 e. The lowest BCUT2D eigenvalue weighted by Gasteiger charge is -2.20. The molecule has 0 aliphatic heterocycles. The lowest BCUT2D eigenvalue weighted by molar-refractivity contribution is 0.0914. The van der Waals surface area contributed by atoms with Gasteiger partial charge >= 0.3 is 0 Å². The molecule has 5 heteroatoms. The van der Waals surface area contributed by atoms with E-state index in [0.29, 0.717) is 11.5 Å². The minimum Gasteiger partial charge on any atom is -0.370 e. The lowest BCUT2D eigenvalue weighted by Crippen LogP contribution is -2.41. The van der Waals surface area contributed by atoms with Crippen LogP contribution in [0.4, 0.5) is 5.82 Å². The third-order valence-electron chi connectivity index (χ3n) is 3.18. The van der Waals surface area contributed by atoms with Gasteiger partial charge in [0.05, 0.1) is 0 Å². The lowest BCUT2D eigenvalue weighted by atomic mass is 10.1. The number of carbonyl (C=O) groups excluding carboxylic acids is 1. The van der Waals surface area contributed by atoms with Crippen molar-refractivity contribution in [3.63, 3.8) is 0 Å². The molecule has 2 rings (SSSR count). The fourth-order valence-corrected chi connectivity index (χ4v) is 2.14. The Morgan fingerprint density at radius 3 is 2.57 bits per heavy atom. The number of benzene rings is 1. The summed E-state index contributed by atoms with van der Waals surface area (Å²) in [5.41, 5.74) is 1.41. The van der Waals surface area contributed by atoms with Crippen LogP contribution in [0.15, 0.2) is 42.7 Å². The summed E-state index contributed by atoms with van der Waals surface area (Å²) in [5, 5.41) is 6.14. The first kappa shape index (κ1) is 16.9. The third kappa shape index (κ3) is 6.06. The van der Waals surface area contributed by atoms with Crippen LogP contribution in [0.5, 0.6) is 0 Å². The number of nitrogens with zero attached hydrogens (tertiary/aromatic N) is 2. The fraction of sp³-hybridized carbons (Fsp3) is 0.389. The Morgan fingerprint density at radius 1 is 1.13 bits per heavy atom. The molecule has 0 aliphatic rings. The largest absolute Gasteiger partial charge is 0.370 e. The topological polar surface area (TPSA) is 66.9 Å². The Kier molecular flexibility index (Phi) is 5.68. The van der Waals surface area contributed by atoms with Crippen LogP contribution in [0.25, 0.3) is 0 Å². The molecule has 0 saturated heterocycles. The number of nitrogens with one attached hydrogen (secondary N) is 2. The van der Waals surface area contributed by atoms with E-state index in [9.17, 15) is 4.79 Å². The number of hydrogen-bond donors (Lipinski definition) is 2. The third-order valence-corrected chi connectivity index (χ3v) is 3.18. The average molecular weight is 312 g/mol. The molecule has 2 aromatic rings. The minimum atomic E-state index is -0.286. The van der Waals surface area contributed by atoms with Crippen LogP contribution in [-0.4, -0.2) is 28.0 Å². The molecule has 1 aromatic heterocycles. The summed E-state index contributed by atoms with van der Waals surface area (Å²) < 4.78 is 0. The van der Waals surface area contributed by atoms with E-state index < -0.39 is 0 Å². The van der Waals surface area contributed by atoms with Crippen molar-refractivity contribution in [3.05, 3.63) is 54.0 Å². The van der Waals surface area contributed by atoms with Crippen LogP contribution < -0.4 is 10.6 Å². The predicted octanol–water partition coefficient (Wildman–Crippen LogP) is 3.05. The van der Waals surface area contributed by atoms with Crippen LogP contribution in [0, 0.1) is 0 Å². The van der Waals surface area contributed by atoms with Crippen LogP contribution in [0.1, 0.15) is 43.2 Å². The summed E-state index contributed by atoms with van der Waals surface area (Å²) in [4.78, 5) is 20.3. The minimum absolute atomic E-state index is 0.188. The van der Waals surface area contributed by atoms with Gasteiger partial charge in [0.2, 0.25) is 0 Å². The first-order chi connectivity index (χ1) is 10.9. The quantitative estimate of drug-likeness (QED) is 0.805. The van der Waals surface area contributed by atoms with E-state index >= 15 is 0 Å². The van der Waals surface area contributed by atoms with Crippen LogP contribution in [-0.2, 0) is 6.42 Å². The number of carbonyl (C=O) groups is 1. The predicted molar refractivity (Wildman–Crippen MR) is 92.5 cm³/mol. The Balaban J connectivity index is 1.84. The van der Waals surface area contributed by atoms with E-state index in [1.165, 1.54) is 11.9 Å². The Hall–Kier alpha value is -2.43. The number of anilines is 1. The van der Waals surface area contributed by atoms with Crippen LogP contribution >= 0.6 is 0 Å². The zero-order valence-corrected chi connectivity index (χ0v) is 14.0. The molecule has 0 radical (unpaired) electrons. The normalized spacial score (nSPS) is 11.1. The van der Waals surface area contributed by atoms with Gasteiger partial charge in [0, 0.05) is 18.2 Å². The van der Waals surface area contributed by atoms with Crippen LogP contribution in [0.2, 0.25) is 0 Å². The van der Waals surface area contributed by atoms with Crippen molar-refractivity contribution in [1.29, 1.82) is 0 Å². The molecule has 1 aromatic carbocycles. The van der Waals surface area contributed by atoms with Gasteiger partial charge in [-0.15, -0.1) is 0 Å². The molecular formula is C18H24N4O. The molecular weight excluding hydrogens is 288 g/mol. The van der Waals surface area contributed by atoms with Crippen molar-refractivity contribution >= 4 is 11.7 Å². The Morgan fingerprint density at radius 2 is 1.87 bits per heavy atom. The maximum absolute atomic E-state index is 12.1. The summed E-state index contributed by atoms with van der Waals surface area (Å²) in [6, 6.07) is 12.1. The molecule has 122 valence electrons. The van der Waals surface area contributed by atoms with Gasteiger partial charge < -0.3 is 10.6 Å². The number of rotatable bonds is 6. The van der Waals surface area contributed by atoms with Crippen molar-refractivity contribution in [2.45, 2.75) is 39.2 Å². The molecule has 0 saturated carbocycles. The summed E-state index contributed by atoms with van der Waals surface area (Å²) in [6.45, 7) is 6.62. The number of amides is 1. The second-order valence-corrected chi connectivity index (χ2v) is 6.51. The molecule has 0 spiro atoms. The van der Waals surface area contributed by atoms with Gasteiger partial charge in [0.1, 0.15) is 17.8 Å². The van der Waals surface area contributed by atoms with Crippen molar-refractivity contribution in [3.8, 4) is 0 Å². The molecule has 0 bridgehead atoms. The first-order valence-electron chi connectivity index (χ1n) is 7.86. The smallest absolute Gasteiger partial charge is 0.270 e. The number of aromatic nitrogens is 2. The maximum atomic E-state index is 12.1. The molecule has 0 atom stereocenters. The average Bonchev–Trinajstić information content (AvgIpc) is 2.51. The van der Waals surface area contributed by atoms with Crippen molar-refractivity contribution < 1.29 is 4.79 Å². The second-order valence-electron chi connectivity index (χ2n) is 6.51. The van der Waals surface area contributed by atoms with Gasteiger partial charge in [-0.2, -0.15) is 0 Å². The van der Waals surface area contributed by atoms with E-state index in [4.69, 9.17) is 0 Å². The monoisotopic (exact) mass is 312 g/mol. The molecule has 2 N–H and O–H groups in total. The van der Waals surface area contributed by atoms with Crippen molar-refractivity contribution in [2.24, 2.45) is 0 Å². The van der Waals surface area contributed by atoms with E-state index in [2.05, 4.69) is 32.7 Å². The zero-order chi connectivity index (χ0) is 16.7. The van der Waals surface area contributed by atoms with Crippen molar-refractivity contribution in [1.82, 2.24) is 15.3 Å². The standard InChI is InChI=1S/C18H24N4O/c1-18(2,3)22-17(23)15-12-16(21-13-20-15)19-11-7-10-14-8-5-4-6-9-14/h4-6,8-9,12-13H,7,10-11H2,1-3H3,(H,22,23)(H,19,20,21). The number of hydrogen-bond acceptors (Lipinski definition) is 4. The number of aryl methyl sites for hydroxylation is 1. The van der Waals surface area contributed by atoms with Crippen molar-refractivity contribution in [2.75, 3.05) is 11.9 Å². The zero-order valence-electron chi connectivity index (χ0n) is 14.0. The Labute approximate surface area is 137 Å². The molecule has 0 aliphatic carbocycles. The van der Waals surface area contributed by atoms with E-state index in [1.54, 1.807) is 6.07 Å². The van der Waals surface area contributed by atoms with Gasteiger partial charge in [-0.05, 0) is 39.2 Å². The van der Waals surface area contributed by atoms with E-state index in [1.807, 2.05) is 39.0 Å². The highest BCUT2D eigenvalue weighted by Gasteiger charge is 2.16. The van der Waals surface area contributed by atoms with Crippen LogP contribution in [0.3, 0.4) is 0 Å².